The molecule has 0 amide bonds. The number of nitrogens with one attached hydrogen (secondary N) is 1. The van der Waals surface area contributed by atoms with Crippen LogP contribution in [-0.2, 0) is 10.3 Å². The van der Waals surface area contributed by atoms with Crippen molar-refractivity contribution in [2.45, 2.75) is 56.6 Å². The molecule has 0 spiro atoms. The summed E-state index contributed by atoms with van der Waals surface area (Å²) in [6, 6.07) is 0.527. The topological polar surface area (TPSA) is 60.2 Å². The molecule has 2 aliphatic rings. The molecule has 0 radical (unpaired) electrons. The number of methoxy groups -OCH3 is 1. The number of aromatic nitrogens is 2. The van der Waals surface area contributed by atoms with Gasteiger partial charge in [-0.25, -0.2) is 0 Å². The molecule has 100 valence electrons. The number of hydrogen-bond acceptors (Lipinski definition) is 5. The molecule has 2 atom stereocenters. The standard InChI is InChI=1S/C13H21N3O2/c1-9-8-10(4-7-14-9)11-15-12(16-18-11)13(17-2)5-3-6-13/h9-10,14H,3-8H2,1-2H3. The van der Waals surface area contributed by atoms with Crippen LogP contribution in [0.2, 0.25) is 0 Å². The van der Waals surface area contributed by atoms with Gasteiger partial charge in [-0.05, 0) is 45.6 Å². The van der Waals surface area contributed by atoms with Crippen molar-refractivity contribution >= 4 is 0 Å². The summed E-state index contributed by atoms with van der Waals surface area (Å²) >= 11 is 0. The molecule has 5 heteroatoms. The lowest BCUT2D eigenvalue weighted by molar-refractivity contribution is -0.0858. The summed E-state index contributed by atoms with van der Waals surface area (Å²) in [7, 11) is 1.74. The number of nitrogens with zero attached hydrogens (tertiary/aromatic N) is 2. The van der Waals surface area contributed by atoms with Crippen molar-refractivity contribution in [3.05, 3.63) is 11.7 Å². The van der Waals surface area contributed by atoms with Gasteiger partial charge < -0.3 is 14.6 Å². The van der Waals surface area contributed by atoms with Gasteiger partial charge in [-0.15, -0.1) is 0 Å². The highest BCUT2D eigenvalue weighted by molar-refractivity contribution is 5.08. The van der Waals surface area contributed by atoms with E-state index in [1.807, 2.05) is 0 Å². The number of hydrogen-bond donors (Lipinski definition) is 1. The summed E-state index contributed by atoms with van der Waals surface area (Å²) in [5, 5.41) is 7.59. The zero-order valence-corrected chi connectivity index (χ0v) is 11.1. The van der Waals surface area contributed by atoms with Crippen molar-refractivity contribution in [2.75, 3.05) is 13.7 Å². The molecule has 1 aliphatic heterocycles. The van der Waals surface area contributed by atoms with Crippen molar-refractivity contribution in [1.82, 2.24) is 15.5 Å². The van der Waals surface area contributed by atoms with Crippen molar-refractivity contribution in [1.29, 1.82) is 0 Å². The van der Waals surface area contributed by atoms with Gasteiger partial charge in [0.2, 0.25) is 11.7 Å². The summed E-state index contributed by atoms with van der Waals surface area (Å²) in [6.45, 7) is 3.23. The van der Waals surface area contributed by atoms with E-state index in [4.69, 9.17) is 9.26 Å². The molecule has 1 aromatic rings. The van der Waals surface area contributed by atoms with E-state index in [-0.39, 0.29) is 5.60 Å². The van der Waals surface area contributed by atoms with E-state index in [9.17, 15) is 0 Å². The molecular weight excluding hydrogens is 230 g/mol. The van der Waals surface area contributed by atoms with E-state index in [1.54, 1.807) is 7.11 Å². The Hall–Kier alpha value is -0.940. The lowest BCUT2D eigenvalue weighted by Gasteiger charge is -2.37. The highest BCUT2D eigenvalue weighted by atomic mass is 16.5. The highest BCUT2D eigenvalue weighted by Gasteiger charge is 2.43. The number of piperidine rings is 1. The Balaban J connectivity index is 1.76. The van der Waals surface area contributed by atoms with Crippen LogP contribution >= 0.6 is 0 Å². The molecule has 18 heavy (non-hydrogen) atoms. The largest absolute Gasteiger partial charge is 0.370 e. The van der Waals surface area contributed by atoms with E-state index in [0.717, 1.165) is 43.9 Å². The van der Waals surface area contributed by atoms with Crippen LogP contribution in [0.3, 0.4) is 0 Å². The molecule has 1 saturated carbocycles. The third kappa shape index (κ3) is 1.95. The van der Waals surface area contributed by atoms with Gasteiger partial charge in [0.05, 0.1) is 0 Å². The van der Waals surface area contributed by atoms with Gasteiger partial charge in [-0.1, -0.05) is 5.16 Å². The van der Waals surface area contributed by atoms with Crippen LogP contribution in [0.1, 0.15) is 56.7 Å². The first-order valence-corrected chi connectivity index (χ1v) is 6.86. The minimum atomic E-state index is -0.264. The Kier molecular flexibility index (Phi) is 3.11. The fourth-order valence-electron chi connectivity index (χ4n) is 2.96. The summed E-state index contributed by atoms with van der Waals surface area (Å²) in [5.41, 5.74) is -0.264. The summed E-state index contributed by atoms with van der Waals surface area (Å²) < 4.78 is 11.1. The molecule has 3 rings (SSSR count). The Morgan fingerprint density at radius 1 is 1.44 bits per heavy atom. The molecular formula is C13H21N3O2. The third-order valence-electron chi connectivity index (χ3n) is 4.37. The van der Waals surface area contributed by atoms with Crippen molar-refractivity contribution in [3.8, 4) is 0 Å². The number of rotatable bonds is 3. The van der Waals surface area contributed by atoms with E-state index in [0.29, 0.717) is 12.0 Å². The molecule has 1 N–H and O–H groups in total. The van der Waals surface area contributed by atoms with E-state index >= 15 is 0 Å². The lowest BCUT2D eigenvalue weighted by Crippen LogP contribution is -2.37. The van der Waals surface area contributed by atoms with Crippen molar-refractivity contribution in [3.63, 3.8) is 0 Å². The molecule has 1 aliphatic carbocycles. The monoisotopic (exact) mass is 251 g/mol. The van der Waals surface area contributed by atoms with Crippen LogP contribution in [0.15, 0.2) is 4.52 Å². The smallest absolute Gasteiger partial charge is 0.229 e. The average Bonchev–Trinajstić information content (AvgIpc) is 2.78. The second-order valence-electron chi connectivity index (χ2n) is 5.58. The van der Waals surface area contributed by atoms with Gasteiger partial charge >= 0.3 is 0 Å². The molecule has 2 fully saturated rings. The molecule has 1 aromatic heterocycles. The number of ether oxygens (including phenoxy) is 1. The predicted octanol–water partition coefficient (Wildman–Crippen LogP) is 1.95. The summed E-state index contributed by atoms with van der Waals surface area (Å²) in [5.74, 6) is 1.94. The SMILES string of the molecule is COC1(c2noc(C3CCNC(C)C3)n2)CCC1. The predicted molar refractivity (Wildman–Crippen MR) is 66.3 cm³/mol. The van der Waals surface area contributed by atoms with Crippen molar-refractivity contribution in [2.24, 2.45) is 0 Å². The molecule has 5 nitrogen and oxygen atoms in total. The minimum absolute atomic E-state index is 0.264. The highest BCUT2D eigenvalue weighted by Crippen LogP contribution is 2.43. The van der Waals surface area contributed by atoms with Gasteiger partial charge in [0.15, 0.2) is 0 Å². The normalized spacial score (nSPS) is 31.0. The maximum absolute atomic E-state index is 5.58. The van der Waals surface area contributed by atoms with Crippen LogP contribution in [-0.4, -0.2) is 29.8 Å². The second-order valence-corrected chi connectivity index (χ2v) is 5.58. The van der Waals surface area contributed by atoms with Crippen LogP contribution < -0.4 is 5.32 Å². The van der Waals surface area contributed by atoms with Crippen LogP contribution in [0.4, 0.5) is 0 Å². The molecule has 2 heterocycles. The average molecular weight is 251 g/mol. The Bertz CT molecular complexity index is 409. The first-order chi connectivity index (χ1) is 8.73. The van der Waals surface area contributed by atoms with E-state index < -0.39 is 0 Å². The second kappa shape index (κ2) is 4.63. The first-order valence-electron chi connectivity index (χ1n) is 6.86. The molecule has 2 unspecified atom stereocenters. The summed E-state index contributed by atoms with van der Waals surface area (Å²) in [6.07, 6.45) is 5.34. The lowest BCUT2D eigenvalue weighted by atomic mass is 9.79. The fourth-order valence-corrected chi connectivity index (χ4v) is 2.96. The Morgan fingerprint density at radius 2 is 2.28 bits per heavy atom. The Morgan fingerprint density at radius 3 is 2.89 bits per heavy atom. The van der Waals surface area contributed by atoms with Gasteiger partial charge in [-0.2, -0.15) is 4.98 Å². The molecule has 1 saturated heterocycles. The zero-order chi connectivity index (χ0) is 12.6. The van der Waals surface area contributed by atoms with Crippen LogP contribution in [0.5, 0.6) is 0 Å². The summed E-state index contributed by atoms with van der Waals surface area (Å²) in [4.78, 5) is 4.60. The molecule has 0 bridgehead atoms. The minimum Gasteiger partial charge on any atom is -0.370 e. The quantitative estimate of drug-likeness (QED) is 0.889. The van der Waals surface area contributed by atoms with E-state index in [2.05, 4.69) is 22.4 Å². The maximum atomic E-state index is 5.58. The zero-order valence-electron chi connectivity index (χ0n) is 11.1. The first kappa shape index (κ1) is 12.1. The van der Waals surface area contributed by atoms with Gasteiger partial charge in [0, 0.05) is 19.1 Å². The van der Waals surface area contributed by atoms with E-state index in [1.165, 1.54) is 6.42 Å². The Labute approximate surface area is 107 Å². The van der Waals surface area contributed by atoms with Gasteiger partial charge in [0.25, 0.3) is 0 Å². The fraction of sp³-hybridized carbons (Fsp3) is 0.846. The van der Waals surface area contributed by atoms with Crippen LogP contribution in [0, 0.1) is 0 Å². The van der Waals surface area contributed by atoms with Crippen LogP contribution in [0.25, 0.3) is 0 Å². The van der Waals surface area contributed by atoms with Crippen molar-refractivity contribution < 1.29 is 9.26 Å². The van der Waals surface area contributed by atoms with Gasteiger partial charge in [0.1, 0.15) is 5.60 Å². The maximum Gasteiger partial charge on any atom is 0.229 e. The van der Waals surface area contributed by atoms with Gasteiger partial charge in [-0.3, -0.25) is 0 Å². The molecule has 0 aromatic carbocycles. The third-order valence-corrected chi connectivity index (χ3v) is 4.37.